The molecule has 0 saturated heterocycles. The van der Waals surface area contributed by atoms with Crippen LogP contribution in [0.4, 0.5) is 10.5 Å². The lowest BCUT2D eigenvalue weighted by molar-refractivity contribution is 0.251. The fourth-order valence-corrected chi connectivity index (χ4v) is 3.39. The van der Waals surface area contributed by atoms with E-state index in [0.717, 1.165) is 34.7 Å². The first-order valence-corrected chi connectivity index (χ1v) is 9.79. The predicted octanol–water partition coefficient (Wildman–Crippen LogP) is 4.06. The van der Waals surface area contributed by atoms with E-state index >= 15 is 0 Å². The minimum absolute atomic E-state index is 0.250. The first kappa shape index (κ1) is 19.4. The van der Waals surface area contributed by atoms with Crippen LogP contribution in [0.5, 0.6) is 0 Å². The SMILES string of the molecule is Cc1cc(C)n(-c2cccc(NC(=O)NCc3cccc(Cn4ccnc4)c3)c2)n1. The number of urea groups is 1. The van der Waals surface area contributed by atoms with Crippen molar-refractivity contribution in [2.45, 2.75) is 26.9 Å². The molecule has 0 radical (unpaired) electrons. The zero-order valence-electron chi connectivity index (χ0n) is 17.0. The Balaban J connectivity index is 1.36. The molecule has 7 nitrogen and oxygen atoms in total. The molecule has 0 aliphatic carbocycles. The van der Waals surface area contributed by atoms with Gasteiger partial charge in [0.1, 0.15) is 0 Å². The van der Waals surface area contributed by atoms with Gasteiger partial charge >= 0.3 is 6.03 Å². The van der Waals surface area contributed by atoms with E-state index in [2.05, 4.69) is 32.8 Å². The molecular formula is C23H24N6O. The molecule has 0 fully saturated rings. The number of hydrogen-bond acceptors (Lipinski definition) is 3. The minimum atomic E-state index is -0.250. The summed E-state index contributed by atoms with van der Waals surface area (Å²) in [6, 6.07) is 17.6. The molecule has 4 aromatic rings. The summed E-state index contributed by atoms with van der Waals surface area (Å²) in [5.74, 6) is 0. The average molecular weight is 400 g/mol. The van der Waals surface area contributed by atoms with Gasteiger partial charge < -0.3 is 15.2 Å². The van der Waals surface area contributed by atoms with Crippen LogP contribution < -0.4 is 10.6 Å². The lowest BCUT2D eigenvalue weighted by Crippen LogP contribution is -2.28. The molecule has 0 atom stereocenters. The van der Waals surface area contributed by atoms with E-state index in [0.29, 0.717) is 12.2 Å². The summed E-state index contributed by atoms with van der Waals surface area (Å²) < 4.78 is 3.87. The van der Waals surface area contributed by atoms with Gasteiger partial charge in [0.05, 0.1) is 17.7 Å². The van der Waals surface area contributed by atoms with E-state index < -0.39 is 0 Å². The Labute approximate surface area is 175 Å². The lowest BCUT2D eigenvalue weighted by atomic mass is 10.1. The summed E-state index contributed by atoms with van der Waals surface area (Å²) in [7, 11) is 0. The summed E-state index contributed by atoms with van der Waals surface area (Å²) >= 11 is 0. The fraction of sp³-hybridized carbons (Fsp3) is 0.174. The van der Waals surface area contributed by atoms with Crippen LogP contribution in [0, 0.1) is 13.8 Å². The second kappa shape index (κ2) is 8.65. The molecule has 2 amide bonds. The number of nitrogens with one attached hydrogen (secondary N) is 2. The Bertz CT molecular complexity index is 1150. The van der Waals surface area contributed by atoms with Gasteiger partial charge in [-0.15, -0.1) is 0 Å². The average Bonchev–Trinajstić information content (AvgIpc) is 3.36. The Kier molecular flexibility index (Phi) is 5.61. The Morgan fingerprint density at radius 3 is 2.63 bits per heavy atom. The number of imidazole rings is 1. The van der Waals surface area contributed by atoms with Gasteiger partial charge in [0.15, 0.2) is 0 Å². The zero-order chi connectivity index (χ0) is 20.9. The first-order chi connectivity index (χ1) is 14.6. The second-order valence-electron chi connectivity index (χ2n) is 7.25. The minimum Gasteiger partial charge on any atom is -0.334 e. The van der Waals surface area contributed by atoms with E-state index in [9.17, 15) is 4.79 Å². The number of aromatic nitrogens is 4. The molecule has 2 N–H and O–H groups in total. The quantitative estimate of drug-likeness (QED) is 0.512. The highest BCUT2D eigenvalue weighted by atomic mass is 16.2. The molecule has 0 saturated carbocycles. The van der Waals surface area contributed by atoms with E-state index in [1.54, 1.807) is 12.5 Å². The van der Waals surface area contributed by atoms with E-state index in [1.165, 1.54) is 0 Å². The standard InChI is InChI=1S/C23H24N6O/c1-17-11-18(2)29(27-17)22-8-4-7-21(13-22)26-23(30)25-14-19-5-3-6-20(12-19)15-28-10-9-24-16-28/h3-13,16H,14-15H2,1-2H3,(H2,25,26,30). The summed E-state index contributed by atoms with van der Waals surface area (Å²) in [5.41, 5.74) is 5.82. The highest BCUT2D eigenvalue weighted by molar-refractivity contribution is 5.89. The van der Waals surface area contributed by atoms with Crippen LogP contribution in [0.1, 0.15) is 22.5 Å². The number of nitrogens with zero attached hydrogens (tertiary/aromatic N) is 4. The Morgan fingerprint density at radius 2 is 1.87 bits per heavy atom. The maximum Gasteiger partial charge on any atom is 0.319 e. The third-order valence-electron chi connectivity index (χ3n) is 4.73. The molecule has 2 aromatic carbocycles. The van der Waals surface area contributed by atoms with Gasteiger partial charge in [0.2, 0.25) is 0 Å². The molecule has 0 aliphatic heterocycles. The maximum atomic E-state index is 12.4. The topological polar surface area (TPSA) is 76.8 Å². The van der Waals surface area contributed by atoms with Crippen LogP contribution in [-0.2, 0) is 13.1 Å². The molecule has 0 unspecified atom stereocenters. The third kappa shape index (κ3) is 4.75. The van der Waals surface area contributed by atoms with Crippen LogP contribution in [-0.4, -0.2) is 25.4 Å². The van der Waals surface area contributed by atoms with Gasteiger partial charge in [0.25, 0.3) is 0 Å². The molecule has 152 valence electrons. The number of amides is 2. The van der Waals surface area contributed by atoms with Crippen molar-refractivity contribution in [1.82, 2.24) is 24.6 Å². The Hall–Kier alpha value is -3.87. The molecule has 0 spiro atoms. The summed E-state index contributed by atoms with van der Waals surface area (Å²) in [5, 5.41) is 10.3. The molecule has 4 rings (SSSR count). The molecule has 30 heavy (non-hydrogen) atoms. The number of hydrogen-bond donors (Lipinski definition) is 2. The number of benzene rings is 2. The number of anilines is 1. The highest BCUT2D eigenvalue weighted by Crippen LogP contribution is 2.17. The zero-order valence-corrected chi connectivity index (χ0v) is 17.0. The van der Waals surface area contributed by atoms with Crippen LogP contribution >= 0.6 is 0 Å². The number of carbonyl (C=O) groups excluding carboxylic acids is 1. The molecular weight excluding hydrogens is 376 g/mol. The molecule has 2 aromatic heterocycles. The van der Waals surface area contributed by atoms with Gasteiger partial charge in [-0.3, -0.25) is 0 Å². The van der Waals surface area contributed by atoms with E-state index in [4.69, 9.17) is 0 Å². The third-order valence-corrected chi connectivity index (χ3v) is 4.73. The van der Waals surface area contributed by atoms with Crippen molar-refractivity contribution >= 4 is 11.7 Å². The van der Waals surface area contributed by atoms with Gasteiger partial charge in [-0.25, -0.2) is 14.5 Å². The van der Waals surface area contributed by atoms with Crippen molar-refractivity contribution in [3.8, 4) is 5.69 Å². The largest absolute Gasteiger partial charge is 0.334 e. The van der Waals surface area contributed by atoms with Crippen molar-refractivity contribution in [3.63, 3.8) is 0 Å². The second-order valence-corrected chi connectivity index (χ2v) is 7.25. The van der Waals surface area contributed by atoms with Crippen LogP contribution in [0.15, 0.2) is 73.3 Å². The number of carbonyl (C=O) groups is 1. The highest BCUT2D eigenvalue weighted by Gasteiger charge is 2.07. The summed E-state index contributed by atoms with van der Waals surface area (Å²) in [6.07, 6.45) is 5.48. The monoisotopic (exact) mass is 400 g/mol. The smallest absolute Gasteiger partial charge is 0.319 e. The fourth-order valence-electron chi connectivity index (χ4n) is 3.39. The molecule has 0 aliphatic rings. The Morgan fingerprint density at radius 1 is 1.03 bits per heavy atom. The summed E-state index contributed by atoms with van der Waals surface area (Å²) in [4.78, 5) is 16.5. The molecule has 2 heterocycles. The van der Waals surface area contributed by atoms with Crippen molar-refractivity contribution in [2.75, 3.05) is 5.32 Å². The molecule has 0 bridgehead atoms. The number of aryl methyl sites for hydroxylation is 2. The van der Waals surface area contributed by atoms with Crippen molar-refractivity contribution < 1.29 is 4.79 Å². The maximum absolute atomic E-state index is 12.4. The molecule has 7 heteroatoms. The van der Waals surface area contributed by atoms with E-state index in [1.807, 2.05) is 71.8 Å². The van der Waals surface area contributed by atoms with Crippen molar-refractivity contribution in [3.05, 3.63) is 95.8 Å². The normalized spacial score (nSPS) is 10.7. The predicted molar refractivity (Wildman–Crippen MR) is 117 cm³/mol. The van der Waals surface area contributed by atoms with Gasteiger partial charge in [-0.05, 0) is 49.2 Å². The van der Waals surface area contributed by atoms with E-state index in [-0.39, 0.29) is 6.03 Å². The van der Waals surface area contributed by atoms with Gasteiger partial charge in [0, 0.05) is 36.9 Å². The summed E-state index contributed by atoms with van der Waals surface area (Å²) in [6.45, 7) is 5.16. The van der Waals surface area contributed by atoms with Crippen molar-refractivity contribution in [2.24, 2.45) is 0 Å². The lowest BCUT2D eigenvalue weighted by Gasteiger charge is -2.11. The van der Waals surface area contributed by atoms with Crippen molar-refractivity contribution in [1.29, 1.82) is 0 Å². The van der Waals surface area contributed by atoms with Crippen LogP contribution in [0.3, 0.4) is 0 Å². The first-order valence-electron chi connectivity index (χ1n) is 9.79. The van der Waals surface area contributed by atoms with Gasteiger partial charge in [-0.2, -0.15) is 5.10 Å². The van der Waals surface area contributed by atoms with Crippen LogP contribution in [0.25, 0.3) is 5.69 Å². The number of rotatable bonds is 6. The van der Waals surface area contributed by atoms with Crippen LogP contribution in [0.2, 0.25) is 0 Å². The van der Waals surface area contributed by atoms with Gasteiger partial charge in [-0.1, -0.05) is 30.3 Å².